The average molecular weight is 426 g/mol. The summed E-state index contributed by atoms with van der Waals surface area (Å²) in [5.41, 5.74) is 1.35. The lowest BCUT2D eigenvalue weighted by Crippen LogP contribution is -2.47. The van der Waals surface area contributed by atoms with Crippen molar-refractivity contribution < 1.29 is 14.3 Å². The third-order valence-corrected chi connectivity index (χ3v) is 5.74. The number of nitrogens with zero attached hydrogens (tertiary/aromatic N) is 4. The molecule has 1 aliphatic rings. The molecule has 3 rings (SSSR count). The quantitative estimate of drug-likeness (QED) is 0.700. The molecular formula is C23H31N5O3. The number of anilines is 1. The third kappa shape index (κ3) is 5.19. The van der Waals surface area contributed by atoms with Gasteiger partial charge in [-0.2, -0.15) is 0 Å². The van der Waals surface area contributed by atoms with Crippen LogP contribution in [0.3, 0.4) is 0 Å². The first-order valence-electron chi connectivity index (χ1n) is 10.8. The van der Waals surface area contributed by atoms with Gasteiger partial charge in [0.05, 0.1) is 12.1 Å². The van der Waals surface area contributed by atoms with Crippen LogP contribution in [0.5, 0.6) is 0 Å². The van der Waals surface area contributed by atoms with E-state index < -0.39 is 6.04 Å². The number of carbonyl (C=O) groups is 2. The molecule has 2 heterocycles. The molecule has 1 saturated heterocycles. The van der Waals surface area contributed by atoms with Gasteiger partial charge in [-0.1, -0.05) is 30.3 Å². The standard InChI is InChI=1S/C23H31N5O3/c1-5-27(6-2)22(30)20-14-18(31-4)15-28(20)21(29)19-12-13-24-23(26-19)25-16(3)17-10-8-7-9-11-17/h7-13,16,18,20H,5-6,14-15H2,1-4H3,(H,24,25,26)/t16-,18?,20-/m0/s1. The summed E-state index contributed by atoms with van der Waals surface area (Å²) in [7, 11) is 1.61. The van der Waals surface area contributed by atoms with Gasteiger partial charge in [0.2, 0.25) is 11.9 Å². The zero-order chi connectivity index (χ0) is 22.4. The number of aromatic nitrogens is 2. The fourth-order valence-corrected chi connectivity index (χ4v) is 3.89. The SMILES string of the molecule is CCN(CC)C(=O)[C@@H]1CC(OC)CN1C(=O)c1ccnc(N[C@@H](C)c2ccccc2)n1. The van der Waals surface area contributed by atoms with E-state index in [1.54, 1.807) is 29.2 Å². The van der Waals surface area contributed by atoms with Crippen molar-refractivity contribution in [3.63, 3.8) is 0 Å². The van der Waals surface area contributed by atoms with Crippen molar-refractivity contribution in [2.75, 3.05) is 32.1 Å². The number of hydrogen-bond donors (Lipinski definition) is 1. The number of carbonyl (C=O) groups excluding carboxylic acids is 2. The van der Waals surface area contributed by atoms with Gasteiger partial charge in [0.25, 0.3) is 5.91 Å². The summed E-state index contributed by atoms with van der Waals surface area (Å²) in [5.74, 6) is 0.0298. The number of benzene rings is 1. The molecule has 8 heteroatoms. The van der Waals surface area contributed by atoms with Gasteiger partial charge in [-0.3, -0.25) is 9.59 Å². The van der Waals surface area contributed by atoms with E-state index in [4.69, 9.17) is 4.74 Å². The van der Waals surface area contributed by atoms with Crippen LogP contribution < -0.4 is 5.32 Å². The fourth-order valence-electron chi connectivity index (χ4n) is 3.89. The van der Waals surface area contributed by atoms with Crippen LogP contribution in [-0.2, 0) is 9.53 Å². The minimum absolute atomic E-state index is 0.0202. The Balaban J connectivity index is 1.79. The predicted molar refractivity (Wildman–Crippen MR) is 119 cm³/mol. The van der Waals surface area contributed by atoms with E-state index in [0.717, 1.165) is 5.56 Å². The van der Waals surface area contributed by atoms with Crippen molar-refractivity contribution in [2.24, 2.45) is 0 Å². The molecule has 166 valence electrons. The summed E-state index contributed by atoms with van der Waals surface area (Å²) in [6.07, 6.45) is 1.87. The van der Waals surface area contributed by atoms with Crippen molar-refractivity contribution in [1.29, 1.82) is 0 Å². The van der Waals surface area contributed by atoms with Gasteiger partial charge in [0.15, 0.2) is 0 Å². The molecule has 3 atom stereocenters. The predicted octanol–water partition coefficient (Wildman–Crippen LogP) is 2.75. The van der Waals surface area contributed by atoms with Gasteiger partial charge in [-0.05, 0) is 32.4 Å². The first-order chi connectivity index (χ1) is 15.0. The molecule has 8 nitrogen and oxygen atoms in total. The molecular weight excluding hydrogens is 394 g/mol. The van der Waals surface area contributed by atoms with E-state index in [0.29, 0.717) is 32.0 Å². The molecule has 31 heavy (non-hydrogen) atoms. The van der Waals surface area contributed by atoms with Crippen molar-refractivity contribution in [3.8, 4) is 0 Å². The number of nitrogens with one attached hydrogen (secondary N) is 1. The smallest absolute Gasteiger partial charge is 0.273 e. The molecule has 0 aliphatic carbocycles. The van der Waals surface area contributed by atoms with Crippen LogP contribution >= 0.6 is 0 Å². The van der Waals surface area contributed by atoms with Crippen LogP contribution in [0.2, 0.25) is 0 Å². The van der Waals surface area contributed by atoms with E-state index in [1.807, 2.05) is 51.1 Å². The lowest BCUT2D eigenvalue weighted by molar-refractivity contribution is -0.135. The highest BCUT2D eigenvalue weighted by atomic mass is 16.5. The Kier molecular flexibility index (Phi) is 7.57. The van der Waals surface area contributed by atoms with Gasteiger partial charge in [-0.15, -0.1) is 0 Å². The minimum Gasteiger partial charge on any atom is -0.380 e. The number of likely N-dealkylation sites (N-methyl/N-ethyl adjacent to an activating group) is 1. The van der Waals surface area contributed by atoms with Crippen molar-refractivity contribution >= 4 is 17.8 Å². The second kappa shape index (κ2) is 10.3. The molecule has 2 aromatic rings. The summed E-state index contributed by atoms with van der Waals surface area (Å²) < 4.78 is 5.47. The van der Waals surface area contributed by atoms with Crippen molar-refractivity contribution in [2.45, 2.75) is 45.4 Å². The molecule has 0 spiro atoms. The Hall–Kier alpha value is -3.00. The molecule has 0 saturated carbocycles. The van der Waals surface area contributed by atoms with E-state index >= 15 is 0 Å². The van der Waals surface area contributed by atoms with Crippen LogP contribution in [0.1, 0.15) is 49.3 Å². The number of methoxy groups -OCH3 is 1. The van der Waals surface area contributed by atoms with E-state index in [1.165, 1.54) is 0 Å². The normalized spacial score (nSPS) is 19.2. The highest BCUT2D eigenvalue weighted by molar-refractivity contribution is 5.96. The Labute approximate surface area is 183 Å². The van der Waals surface area contributed by atoms with E-state index in [9.17, 15) is 9.59 Å². The Morgan fingerprint density at radius 2 is 1.94 bits per heavy atom. The Morgan fingerprint density at radius 1 is 1.23 bits per heavy atom. The summed E-state index contributed by atoms with van der Waals surface area (Å²) in [6.45, 7) is 7.45. The average Bonchev–Trinajstić information content (AvgIpc) is 3.24. The second-order valence-electron chi connectivity index (χ2n) is 7.62. The lowest BCUT2D eigenvalue weighted by atomic mass is 10.1. The molecule has 0 radical (unpaired) electrons. The number of ether oxygens (including phenoxy) is 1. The first kappa shape index (κ1) is 22.7. The monoisotopic (exact) mass is 425 g/mol. The lowest BCUT2D eigenvalue weighted by Gasteiger charge is -2.28. The third-order valence-electron chi connectivity index (χ3n) is 5.74. The molecule has 0 bridgehead atoms. The van der Waals surface area contributed by atoms with Gasteiger partial charge in [0, 0.05) is 39.4 Å². The number of rotatable bonds is 8. The summed E-state index contributed by atoms with van der Waals surface area (Å²) in [6, 6.07) is 11.0. The van der Waals surface area contributed by atoms with Crippen molar-refractivity contribution in [1.82, 2.24) is 19.8 Å². The van der Waals surface area contributed by atoms with Crippen LogP contribution in [0.4, 0.5) is 5.95 Å². The molecule has 1 aliphatic heterocycles. The number of hydrogen-bond acceptors (Lipinski definition) is 6. The van der Waals surface area contributed by atoms with Crippen LogP contribution in [0.25, 0.3) is 0 Å². The first-order valence-corrected chi connectivity index (χ1v) is 10.8. The molecule has 1 fully saturated rings. The van der Waals surface area contributed by atoms with Crippen LogP contribution in [0, 0.1) is 0 Å². The Bertz CT molecular complexity index is 888. The zero-order valence-electron chi connectivity index (χ0n) is 18.6. The van der Waals surface area contributed by atoms with Gasteiger partial charge < -0.3 is 19.9 Å². The van der Waals surface area contributed by atoms with E-state index in [2.05, 4.69) is 15.3 Å². The van der Waals surface area contributed by atoms with E-state index in [-0.39, 0.29) is 29.7 Å². The van der Waals surface area contributed by atoms with Gasteiger partial charge in [0.1, 0.15) is 11.7 Å². The number of likely N-dealkylation sites (tertiary alicyclic amines) is 1. The molecule has 1 unspecified atom stereocenters. The van der Waals surface area contributed by atoms with Gasteiger partial charge >= 0.3 is 0 Å². The minimum atomic E-state index is -0.549. The maximum absolute atomic E-state index is 13.3. The number of amides is 2. The molecule has 2 amide bonds. The topological polar surface area (TPSA) is 87.7 Å². The summed E-state index contributed by atoms with van der Waals surface area (Å²) in [5, 5.41) is 3.24. The molecule has 1 N–H and O–H groups in total. The maximum Gasteiger partial charge on any atom is 0.273 e. The molecule has 1 aromatic carbocycles. The van der Waals surface area contributed by atoms with Gasteiger partial charge in [-0.25, -0.2) is 9.97 Å². The summed E-state index contributed by atoms with van der Waals surface area (Å²) in [4.78, 5) is 38.4. The fraction of sp³-hybridized carbons (Fsp3) is 0.478. The largest absolute Gasteiger partial charge is 0.380 e. The zero-order valence-corrected chi connectivity index (χ0v) is 18.6. The Morgan fingerprint density at radius 3 is 2.58 bits per heavy atom. The van der Waals surface area contributed by atoms with Crippen LogP contribution in [-0.4, -0.2) is 70.5 Å². The summed E-state index contributed by atoms with van der Waals surface area (Å²) >= 11 is 0. The van der Waals surface area contributed by atoms with Crippen molar-refractivity contribution in [3.05, 3.63) is 53.9 Å². The maximum atomic E-state index is 13.3. The highest BCUT2D eigenvalue weighted by Gasteiger charge is 2.41. The molecule has 1 aromatic heterocycles. The highest BCUT2D eigenvalue weighted by Crippen LogP contribution is 2.24. The van der Waals surface area contributed by atoms with Crippen LogP contribution in [0.15, 0.2) is 42.6 Å². The second-order valence-corrected chi connectivity index (χ2v) is 7.62.